The van der Waals surface area contributed by atoms with E-state index in [1.807, 2.05) is 0 Å². The molecule has 0 aliphatic rings. The van der Waals surface area contributed by atoms with Gasteiger partial charge in [0.05, 0.1) is 0 Å². The fourth-order valence-corrected chi connectivity index (χ4v) is 3.72. The third kappa shape index (κ3) is 1.79. The molecule has 0 heterocycles. The number of benzene rings is 4. The lowest BCUT2D eigenvalue weighted by Gasteiger charge is -2.09. The molecule has 20 heavy (non-hydrogen) atoms. The molecule has 0 radical (unpaired) electrons. The summed E-state index contributed by atoms with van der Waals surface area (Å²) in [5.41, 5.74) is 0. The van der Waals surface area contributed by atoms with Crippen LogP contribution in [-0.2, 0) is 0 Å². The first-order valence-electron chi connectivity index (χ1n) is 6.43. The Morgan fingerprint density at radius 1 is 0.550 bits per heavy atom. The lowest BCUT2D eigenvalue weighted by atomic mass is 9.97. The van der Waals surface area contributed by atoms with E-state index in [9.17, 15) is 0 Å². The third-order valence-electron chi connectivity index (χ3n) is 3.78. The standard InChI is InChI=1S/C18H10Br2/c19-12-5-7-13-11(10-12)4-6-16-14-2-1-3-18(20)17(14)9-8-15(13)16/h1-10H. The summed E-state index contributed by atoms with van der Waals surface area (Å²) in [4.78, 5) is 0. The predicted octanol–water partition coefficient (Wildman–Crippen LogP) is 6.67. The topological polar surface area (TPSA) is 0 Å². The van der Waals surface area contributed by atoms with Crippen molar-refractivity contribution in [2.75, 3.05) is 0 Å². The van der Waals surface area contributed by atoms with Gasteiger partial charge in [-0.1, -0.05) is 74.3 Å². The molecule has 0 saturated heterocycles. The van der Waals surface area contributed by atoms with Gasteiger partial charge in [-0.05, 0) is 50.5 Å². The van der Waals surface area contributed by atoms with Crippen LogP contribution in [0.4, 0.5) is 0 Å². The van der Waals surface area contributed by atoms with E-state index in [4.69, 9.17) is 0 Å². The maximum Gasteiger partial charge on any atom is 0.0253 e. The minimum absolute atomic E-state index is 1.12. The van der Waals surface area contributed by atoms with E-state index < -0.39 is 0 Å². The van der Waals surface area contributed by atoms with Crippen LogP contribution >= 0.6 is 31.9 Å². The molecule has 0 aromatic heterocycles. The SMILES string of the molecule is Brc1ccc2c(ccc3c4cccc(Br)c4ccc23)c1. The van der Waals surface area contributed by atoms with Crippen LogP contribution in [0, 0.1) is 0 Å². The van der Waals surface area contributed by atoms with Crippen molar-refractivity contribution in [3.63, 3.8) is 0 Å². The summed E-state index contributed by atoms with van der Waals surface area (Å²) in [5.74, 6) is 0. The van der Waals surface area contributed by atoms with Gasteiger partial charge in [-0.3, -0.25) is 0 Å². The maximum absolute atomic E-state index is 3.64. The molecule has 0 fully saturated rings. The highest BCUT2D eigenvalue weighted by molar-refractivity contribution is 9.11. The van der Waals surface area contributed by atoms with E-state index in [2.05, 4.69) is 92.5 Å². The highest BCUT2D eigenvalue weighted by Crippen LogP contribution is 2.34. The fraction of sp³-hybridized carbons (Fsp3) is 0. The summed E-state index contributed by atoms with van der Waals surface area (Å²) in [6, 6.07) is 21.7. The zero-order chi connectivity index (χ0) is 13.7. The highest BCUT2D eigenvalue weighted by Gasteiger charge is 2.06. The van der Waals surface area contributed by atoms with Gasteiger partial charge >= 0.3 is 0 Å². The van der Waals surface area contributed by atoms with Crippen LogP contribution in [0.2, 0.25) is 0 Å². The second-order valence-corrected chi connectivity index (χ2v) is 6.70. The van der Waals surface area contributed by atoms with Gasteiger partial charge in [-0.25, -0.2) is 0 Å². The molecular formula is C18H10Br2. The van der Waals surface area contributed by atoms with E-state index in [0.717, 1.165) is 8.95 Å². The van der Waals surface area contributed by atoms with Gasteiger partial charge in [0.1, 0.15) is 0 Å². The Bertz CT molecular complexity index is 971. The summed E-state index contributed by atoms with van der Waals surface area (Å²) in [7, 11) is 0. The van der Waals surface area contributed by atoms with Crippen LogP contribution in [-0.4, -0.2) is 0 Å². The van der Waals surface area contributed by atoms with Crippen molar-refractivity contribution in [3.05, 3.63) is 69.6 Å². The normalized spacial score (nSPS) is 11.5. The number of hydrogen-bond donors (Lipinski definition) is 0. The first-order chi connectivity index (χ1) is 9.74. The monoisotopic (exact) mass is 384 g/mol. The summed E-state index contributed by atoms with van der Waals surface area (Å²) in [6.07, 6.45) is 0. The van der Waals surface area contributed by atoms with Crippen LogP contribution in [0.25, 0.3) is 32.3 Å². The van der Waals surface area contributed by atoms with Crippen LogP contribution < -0.4 is 0 Å². The average molecular weight is 386 g/mol. The van der Waals surface area contributed by atoms with Crippen molar-refractivity contribution in [2.24, 2.45) is 0 Å². The molecule has 96 valence electrons. The molecule has 0 unspecified atom stereocenters. The lowest BCUT2D eigenvalue weighted by Crippen LogP contribution is -1.81. The molecule has 2 heteroatoms. The van der Waals surface area contributed by atoms with Gasteiger partial charge in [0.25, 0.3) is 0 Å². The Labute approximate surface area is 133 Å². The van der Waals surface area contributed by atoms with Crippen LogP contribution in [0.3, 0.4) is 0 Å². The van der Waals surface area contributed by atoms with Crippen molar-refractivity contribution in [1.29, 1.82) is 0 Å². The minimum Gasteiger partial charge on any atom is -0.0605 e. The third-order valence-corrected chi connectivity index (χ3v) is 4.97. The Kier molecular flexibility index (Phi) is 2.83. The lowest BCUT2D eigenvalue weighted by molar-refractivity contribution is 1.72. The Morgan fingerprint density at radius 2 is 1.20 bits per heavy atom. The van der Waals surface area contributed by atoms with E-state index in [-0.39, 0.29) is 0 Å². The zero-order valence-corrected chi connectivity index (χ0v) is 13.7. The van der Waals surface area contributed by atoms with Gasteiger partial charge in [-0.15, -0.1) is 0 Å². The van der Waals surface area contributed by atoms with Crippen molar-refractivity contribution in [2.45, 2.75) is 0 Å². The second kappa shape index (κ2) is 4.57. The van der Waals surface area contributed by atoms with Crippen LogP contribution in [0.1, 0.15) is 0 Å². The Hall–Kier alpha value is -1.38. The van der Waals surface area contributed by atoms with E-state index >= 15 is 0 Å². The first kappa shape index (κ1) is 12.4. The molecule has 0 saturated carbocycles. The van der Waals surface area contributed by atoms with Crippen molar-refractivity contribution in [3.8, 4) is 0 Å². The summed E-state index contributed by atoms with van der Waals surface area (Å²) < 4.78 is 2.26. The maximum atomic E-state index is 3.64. The zero-order valence-electron chi connectivity index (χ0n) is 10.5. The molecule has 0 bridgehead atoms. The van der Waals surface area contributed by atoms with E-state index in [0.29, 0.717) is 0 Å². The Morgan fingerprint density at radius 3 is 2.10 bits per heavy atom. The summed E-state index contributed by atoms with van der Waals surface area (Å²) in [6.45, 7) is 0. The minimum atomic E-state index is 1.12. The molecule has 0 N–H and O–H groups in total. The summed E-state index contributed by atoms with van der Waals surface area (Å²) >= 11 is 7.18. The van der Waals surface area contributed by atoms with Crippen molar-refractivity contribution < 1.29 is 0 Å². The van der Waals surface area contributed by atoms with Crippen LogP contribution in [0.5, 0.6) is 0 Å². The Balaban J connectivity index is 2.25. The molecule has 0 amide bonds. The van der Waals surface area contributed by atoms with E-state index in [1.54, 1.807) is 0 Å². The fourth-order valence-electron chi connectivity index (χ4n) is 2.85. The highest BCUT2D eigenvalue weighted by atomic mass is 79.9. The summed E-state index contributed by atoms with van der Waals surface area (Å²) in [5, 5.41) is 7.73. The van der Waals surface area contributed by atoms with Crippen molar-refractivity contribution in [1.82, 2.24) is 0 Å². The molecule has 4 rings (SSSR count). The van der Waals surface area contributed by atoms with E-state index in [1.165, 1.54) is 32.3 Å². The number of fused-ring (bicyclic) bond motifs is 5. The second-order valence-electron chi connectivity index (χ2n) is 4.93. The molecule has 4 aromatic carbocycles. The van der Waals surface area contributed by atoms with Gasteiger partial charge in [0.15, 0.2) is 0 Å². The molecular weight excluding hydrogens is 376 g/mol. The molecule has 4 aromatic rings. The van der Waals surface area contributed by atoms with Crippen molar-refractivity contribution >= 4 is 64.2 Å². The molecule has 0 aliphatic heterocycles. The van der Waals surface area contributed by atoms with Gasteiger partial charge in [-0.2, -0.15) is 0 Å². The molecule has 0 aliphatic carbocycles. The van der Waals surface area contributed by atoms with Gasteiger partial charge in [0.2, 0.25) is 0 Å². The van der Waals surface area contributed by atoms with Crippen LogP contribution in [0.15, 0.2) is 69.6 Å². The average Bonchev–Trinajstić information content (AvgIpc) is 2.46. The number of halogens is 2. The predicted molar refractivity (Wildman–Crippen MR) is 94.4 cm³/mol. The molecule has 0 nitrogen and oxygen atoms in total. The van der Waals surface area contributed by atoms with Gasteiger partial charge < -0.3 is 0 Å². The largest absolute Gasteiger partial charge is 0.0605 e. The van der Waals surface area contributed by atoms with Gasteiger partial charge in [0, 0.05) is 8.95 Å². The number of rotatable bonds is 0. The molecule has 0 atom stereocenters. The quantitative estimate of drug-likeness (QED) is 0.296. The smallest absolute Gasteiger partial charge is 0.0253 e. The molecule has 0 spiro atoms. The first-order valence-corrected chi connectivity index (χ1v) is 8.02. The number of hydrogen-bond acceptors (Lipinski definition) is 0.